The quantitative estimate of drug-likeness (QED) is 0.542. The Morgan fingerprint density at radius 3 is 2.76 bits per heavy atom. The number of nitrogens with zero attached hydrogens (tertiary/aromatic N) is 2. The SMILES string of the molecule is CCC(=O)N1CCC(NC(=NC)NCc2ccc(OC)cc2OC2CCCC2)C1. The number of guanidine groups is 1. The van der Waals surface area contributed by atoms with E-state index in [0.29, 0.717) is 19.1 Å². The second kappa shape index (κ2) is 10.4. The van der Waals surface area contributed by atoms with Crippen molar-refractivity contribution in [3.8, 4) is 11.5 Å². The third-order valence-electron chi connectivity index (χ3n) is 5.72. The fourth-order valence-corrected chi connectivity index (χ4v) is 4.00. The predicted octanol–water partition coefficient (Wildman–Crippen LogP) is 2.69. The molecule has 160 valence electrons. The summed E-state index contributed by atoms with van der Waals surface area (Å²) in [6.45, 7) is 4.05. The van der Waals surface area contributed by atoms with Gasteiger partial charge in [0.05, 0.1) is 13.2 Å². The highest BCUT2D eigenvalue weighted by Crippen LogP contribution is 2.30. The van der Waals surface area contributed by atoms with Gasteiger partial charge in [-0.1, -0.05) is 6.92 Å². The Morgan fingerprint density at radius 1 is 1.28 bits per heavy atom. The number of carbonyl (C=O) groups is 1. The highest BCUT2D eigenvalue weighted by molar-refractivity contribution is 5.80. The predicted molar refractivity (Wildman–Crippen MR) is 114 cm³/mol. The average molecular weight is 403 g/mol. The summed E-state index contributed by atoms with van der Waals surface area (Å²) in [5, 5.41) is 6.83. The van der Waals surface area contributed by atoms with E-state index < -0.39 is 0 Å². The van der Waals surface area contributed by atoms with E-state index in [2.05, 4.69) is 15.6 Å². The second-order valence-electron chi connectivity index (χ2n) is 7.75. The number of ether oxygens (including phenoxy) is 2. The maximum atomic E-state index is 11.9. The number of carbonyl (C=O) groups excluding carboxylic acids is 1. The van der Waals surface area contributed by atoms with Crippen molar-refractivity contribution in [1.82, 2.24) is 15.5 Å². The largest absolute Gasteiger partial charge is 0.497 e. The molecule has 2 fully saturated rings. The van der Waals surface area contributed by atoms with Gasteiger partial charge in [0.25, 0.3) is 0 Å². The standard InChI is InChI=1S/C22H34N4O3/c1-4-21(27)26-12-11-17(15-26)25-22(23-2)24-14-16-9-10-19(28-3)13-20(16)29-18-7-5-6-8-18/h9-10,13,17-18H,4-8,11-12,14-15H2,1-3H3,(H2,23,24,25). The van der Waals surface area contributed by atoms with Gasteiger partial charge in [-0.25, -0.2) is 0 Å². The van der Waals surface area contributed by atoms with Crippen LogP contribution in [-0.4, -0.2) is 56.2 Å². The summed E-state index contributed by atoms with van der Waals surface area (Å²) in [7, 11) is 3.44. The number of amides is 1. The lowest BCUT2D eigenvalue weighted by Gasteiger charge is -2.20. The monoisotopic (exact) mass is 402 g/mol. The van der Waals surface area contributed by atoms with Gasteiger partial charge in [-0.3, -0.25) is 9.79 Å². The maximum Gasteiger partial charge on any atom is 0.222 e. The number of aliphatic imine (C=N–C) groups is 1. The van der Waals surface area contributed by atoms with E-state index in [9.17, 15) is 4.79 Å². The summed E-state index contributed by atoms with van der Waals surface area (Å²) >= 11 is 0. The van der Waals surface area contributed by atoms with Crippen molar-refractivity contribution in [3.05, 3.63) is 23.8 Å². The molecule has 1 aliphatic heterocycles. The summed E-state index contributed by atoms with van der Waals surface area (Å²) in [5.74, 6) is 2.63. The number of likely N-dealkylation sites (tertiary alicyclic amines) is 1. The first kappa shape index (κ1) is 21.3. The van der Waals surface area contributed by atoms with E-state index >= 15 is 0 Å². The number of hydrogen-bond donors (Lipinski definition) is 2. The zero-order valence-corrected chi connectivity index (χ0v) is 17.9. The van der Waals surface area contributed by atoms with Gasteiger partial charge in [-0.2, -0.15) is 0 Å². The molecule has 1 atom stereocenters. The van der Waals surface area contributed by atoms with E-state index in [1.807, 2.05) is 30.0 Å². The lowest BCUT2D eigenvalue weighted by molar-refractivity contribution is -0.129. The van der Waals surface area contributed by atoms with Crippen molar-refractivity contribution in [1.29, 1.82) is 0 Å². The van der Waals surface area contributed by atoms with Crippen LogP contribution in [0.1, 0.15) is 51.0 Å². The third kappa shape index (κ3) is 5.78. The van der Waals surface area contributed by atoms with Gasteiger partial charge in [0.15, 0.2) is 5.96 Å². The van der Waals surface area contributed by atoms with E-state index in [1.165, 1.54) is 12.8 Å². The molecule has 1 amide bonds. The third-order valence-corrected chi connectivity index (χ3v) is 5.72. The molecule has 0 radical (unpaired) electrons. The zero-order chi connectivity index (χ0) is 20.6. The Labute approximate surface area is 173 Å². The summed E-state index contributed by atoms with van der Waals surface area (Å²) in [5.41, 5.74) is 1.08. The van der Waals surface area contributed by atoms with Gasteiger partial charge < -0.3 is 25.0 Å². The molecular weight excluding hydrogens is 368 g/mol. The molecule has 0 aromatic heterocycles. The van der Waals surface area contributed by atoms with Crippen LogP contribution in [0.15, 0.2) is 23.2 Å². The van der Waals surface area contributed by atoms with Crippen LogP contribution in [0.25, 0.3) is 0 Å². The molecule has 0 spiro atoms. The molecule has 3 rings (SSSR count). The van der Waals surface area contributed by atoms with Gasteiger partial charge in [0.1, 0.15) is 11.5 Å². The normalized spacial score (nSPS) is 20.0. The molecule has 1 aromatic carbocycles. The van der Waals surface area contributed by atoms with Crippen molar-refractivity contribution in [3.63, 3.8) is 0 Å². The minimum absolute atomic E-state index is 0.212. The first-order valence-corrected chi connectivity index (χ1v) is 10.7. The fraction of sp³-hybridized carbons (Fsp3) is 0.636. The second-order valence-corrected chi connectivity index (χ2v) is 7.75. The molecule has 29 heavy (non-hydrogen) atoms. The number of hydrogen-bond acceptors (Lipinski definition) is 4. The van der Waals surface area contributed by atoms with E-state index in [0.717, 1.165) is 55.4 Å². The van der Waals surface area contributed by atoms with Crippen LogP contribution >= 0.6 is 0 Å². The average Bonchev–Trinajstić information content (AvgIpc) is 3.43. The smallest absolute Gasteiger partial charge is 0.222 e. The molecule has 1 unspecified atom stereocenters. The summed E-state index contributed by atoms with van der Waals surface area (Å²) in [6.07, 6.45) is 6.48. The van der Waals surface area contributed by atoms with Crippen LogP contribution in [0.4, 0.5) is 0 Å². The van der Waals surface area contributed by atoms with Gasteiger partial charge in [0.2, 0.25) is 5.91 Å². The van der Waals surface area contributed by atoms with E-state index in [4.69, 9.17) is 9.47 Å². The van der Waals surface area contributed by atoms with Gasteiger partial charge in [-0.05, 0) is 44.2 Å². The summed E-state index contributed by atoms with van der Waals surface area (Å²) in [6, 6.07) is 6.19. The van der Waals surface area contributed by atoms with Crippen LogP contribution in [0.3, 0.4) is 0 Å². The number of methoxy groups -OCH3 is 1. The molecular formula is C22H34N4O3. The maximum absolute atomic E-state index is 11.9. The van der Waals surface area contributed by atoms with E-state index in [-0.39, 0.29) is 11.9 Å². The number of rotatable bonds is 7. The van der Waals surface area contributed by atoms with Crippen molar-refractivity contribution in [2.75, 3.05) is 27.2 Å². The zero-order valence-electron chi connectivity index (χ0n) is 17.9. The van der Waals surface area contributed by atoms with Crippen molar-refractivity contribution in [2.45, 2.75) is 64.1 Å². The molecule has 7 nitrogen and oxygen atoms in total. The molecule has 1 heterocycles. The Morgan fingerprint density at radius 2 is 2.07 bits per heavy atom. The molecule has 1 aromatic rings. The first-order valence-electron chi connectivity index (χ1n) is 10.7. The Bertz CT molecular complexity index is 716. The topological polar surface area (TPSA) is 75.2 Å². The number of nitrogens with one attached hydrogen (secondary N) is 2. The van der Waals surface area contributed by atoms with Crippen LogP contribution < -0.4 is 20.1 Å². The minimum Gasteiger partial charge on any atom is -0.497 e. The van der Waals surface area contributed by atoms with Crippen LogP contribution in [0, 0.1) is 0 Å². The Kier molecular flexibility index (Phi) is 7.61. The molecule has 7 heteroatoms. The lowest BCUT2D eigenvalue weighted by atomic mass is 10.1. The van der Waals surface area contributed by atoms with Gasteiger partial charge >= 0.3 is 0 Å². The molecule has 2 aliphatic rings. The lowest BCUT2D eigenvalue weighted by Crippen LogP contribution is -2.44. The molecule has 2 N–H and O–H groups in total. The fourth-order valence-electron chi connectivity index (χ4n) is 4.00. The molecule has 0 bridgehead atoms. The summed E-state index contributed by atoms with van der Waals surface area (Å²) in [4.78, 5) is 18.2. The van der Waals surface area contributed by atoms with Gasteiger partial charge in [-0.15, -0.1) is 0 Å². The summed E-state index contributed by atoms with van der Waals surface area (Å²) < 4.78 is 11.7. The van der Waals surface area contributed by atoms with Gasteiger partial charge in [0, 0.05) is 50.8 Å². The van der Waals surface area contributed by atoms with Crippen molar-refractivity contribution < 1.29 is 14.3 Å². The van der Waals surface area contributed by atoms with Crippen LogP contribution in [0.2, 0.25) is 0 Å². The van der Waals surface area contributed by atoms with Crippen molar-refractivity contribution in [2.24, 2.45) is 4.99 Å². The molecule has 1 aliphatic carbocycles. The van der Waals surface area contributed by atoms with Crippen molar-refractivity contribution >= 4 is 11.9 Å². The molecule has 1 saturated heterocycles. The number of benzene rings is 1. The molecule has 1 saturated carbocycles. The highest BCUT2D eigenvalue weighted by Gasteiger charge is 2.26. The van der Waals surface area contributed by atoms with Crippen LogP contribution in [0.5, 0.6) is 11.5 Å². The first-order chi connectivity index (χ1) is 14.1. The Balaban J connectivity index is 1.58. The highest BCUT2D eigenvalue weighted by atomic mass is 16.5. The minimum atomic E-state index is 0.212. The van der Waals surface area contributed by atoms with Crippen LogP contribution in [-0.2, 0) is 11.3 Å². The Hall–Kier alpha value is -2.44. The van der Waals surface area contributed by atoms with E-state index in [1.54, 1.807) is 14.2 Å².